The summed E-state index contributed by atoms with van der Waals surface area (Å²) in [7, 11) is 1.63. The first kappa shape index (κ1) is 32.3. The van der Waals surface area contributed by atoms with Crippen LogP contribution < -0.4 is 15.0 Å². The van der Waals surface area contributed by atoms with Crippen molar-refractivity contribution in [1.82, 2.24) is 14.9 Å². The number of anilines is 2. The number of ketones is 1. The molecule has 3 heterocycles. The third kappa shape index (κ3) is 7.60. The van der Waals surface area contributed by atoms with Gasteiger partial charge < -0.3 is 19.9 Å². The summed E-state index contributed by atoms with van der Waals surface area (Å²) < 4.78 is 32.9. The molecule has 1 aliphatic carbocycles. The van der Waals surface area contributed by atoms with Crippen LogP contribution in [0.5, 0.6) is 5.75 Å². The normalized spacial score (nSPS) is 22.8. The number of hydrogen-bond acceptors (Lipinski definition) is 6. The molecule has 1 saturated carbocycles. The van der Waals surface area contributed by atoms with Gasteiger partial charge in [0.25, 0.3) is 0 Å². The summed E-state index contributed by atoms with van der Waals surface area (Å²) in [5.41, 5.74) is 2.61. The molecule has 2 aromatic rings. The zero-order chi connectivity index (χ0) is 32.3. The van der Waals surface area contributed by atoms with Crippen molar-refractivity contribution in [3.8, 4) is 5.75 Å². The van der Waals surface area contributed by atoms with Gasteiger partial charge in [-0.05, 0) is 92.2 Å². The van der Waals surface area contributed by atoms with E-state index in [4.69, 9.17) is 4.74 Å². The number of carbonyl (C=O) groups excluding carboxylic acids is 2. The maximum absolute atomic E-state index is 14.3. The first-order valence-electron chi connectivity index (χ1n) is 15.7. The van der Waals surface area contributed by atoms with E-state index < -0.39 is 17.6 Å². The van der Waals surface area contributed by atoms with Crippen LogP contribution in [0.4, 0.5) is 25.1 Å². The smallest absolute Gasteiger partial charge is 0.322 e. The number of nitrogens with one attached hydrogen (secondary N) is 1. The molecule has 240 valence electrons. The van der Waals surface area contributed by atoms with Crippen LogP contribution in [-0.4, -0.2) is 59.5 Å². The van der Waals surface area contributed by atoms with Gasteiger partial charge in [-0.3, -0.25) is 4.79 Å². The highest BCUT2D eigenvalue weighted by Gasteiger charge is 2.40. The van der Waals surface area contributed by atoms with Gasteiger partial charge >= 0.3 is 6.03 Å². The second kappa shape index (κ2) is 13.5. The van der Waals surface area contributed by atoms with Crippen molar-refractivity contribution in [1.29, 1.82) is 0 Å². The Labute approximate surface area is 264 Å². The minimum absolute atomic E-state index is 0.0698. The van der Waals surface area contributed by atoms with E-state index in [-0.39, 0.29) is 29.2 Å². The number of halogens is 2. The molecule has 8 nitrogen and oxygen atoms in total. The summed E-state index contributed by atoms with van der Waals surface area (Å²) in [6, 6.07) is 7.45. The number of ether oxygens (including phenoxy) is 1. The van der Waals surface area contributed by atoms with Crippen molar-refractivity contribution < 1.29 is 23.1 Å². The third-order valence-corrected chi connectivity index (χ3v) is 9.43. The van der Waals surface area contributed by atoms with Crippen molar-refractivity contribution >= 4 is 23.3 Å². The molecule has 45 heavy (non-hydrogen) atoms. The molecule has 2 atom stereocenters. The highest BCUT2D eigenvalue weighted by molar-refractivity contribution is 5.97. The van der Waals surface area contributed by atoms with Crippen LogP contribution in [0.25, 0.3) is 0 Å². The minimum Gasteiger partial charge on any atom is -0.497 e. The number of fused-ring (bicyclic) bond motifs is 1. The molecule has 1 aromatic carbocycles. The fraction of sp³-hybridized carbons (Fsp3) is 0.486. The summed E-state index contributed by atoms with van der Waals surface area (Å²) in [6.07, 6.45) is 7.92. The molecular formula is C35H43F2N5O3. The van der Waals surface area contributed by atoms with E-state index in [2.05, 4.69) is 40.6 Å². The lowest BCUT2D eigenvalue weighted by molar-refractivity contribution is 0.0723. The first-order chi connectivity index (χ1) is 21.4. The Morgan fingerprint density at radius 3 is 2.56 bits per heavy atom. The standard InChI is InChI=1S/C35H43F2N5O3/c1-22(16-25(37)17-23(2)36)28-8-12-35(3,4)20-29(28)33(43)31-19-32(39-21-38-31)41-13-10-26(11-14-41)42-15-9-24-18-27(45-5)6-7-30(24)40-34(42)44/h6-7,16-19,21,26,28-29H,1,8-15,20H2,2-5H3,(H,40,44)/b23-17+,25-16+/t28-,29?/m0/s1. The summed E-state index contributed by atoms with van der Waals surface area (Å²) in [4.78, 5) is 40.0. The number of piperidine rings is 1. The van der Waals surface area contributed by atoms with E-state index in [9.17, 15) is 18.4 Å². The van der Waals surface area contributed by atoms with E-state index in [1.165, 1.54) is 19.3 Å². The van der Waals surface area contributed by atoms with Crippen LogP contribution in [0.2, 0.25) is 0 Å². The molecule has 1 aromatic heterocycles. The number of nitrogens with zero attached hydrogens (tertiary/aromatic N) is 4. The zero-order valence-electron chi connectivity index (χ0n) is 26.6. The molecule has 0 bridgehead atoms. The lowest BCUT2D eigenvalue weighted by Gasteiger charge is -2.40. The fourth-order valence-corrected chi connectivity index (χ4v) is 6.98. The molecule has 10 heteroatoms. The van der Waals surface area contributed by atoms with Crippen molar-refractivity contribution in [2.75, 3.05) is 37.0 Å². The van der Waals surface area contributed by atoms with E-state index in [0.717, 1.165) is 48.8 Å². The van der Waals surface area contributed by atoms with Crippen LogP contribution in [0.1, 0.15) is 68.9 Å². The average Bonchev–Trinajstić information content (AvgIpc) is 3.17. The Balaban J connectivity index is 1.26. The first-order valence-corrected chi connectivity index (χ1v) is 15.7. The third-order valence-electron chi connectivity index (χ3n) is 9.43. The number of aromatic nitrogens is 2. The van der Waals surface area contributed by atoms with Gasteiger partial charge in [-0.25, -0.2) is 23.5 Å². The summed E-state index contributed by atoms with van der Waals surface area (Å²) in [5.74, 6) is -0.723. The van der Waals surface area contributed by atoms with Gasteiger partial charge in [0.2, 0.25) is 0 Å². The number of rotatable bonds is 8. The second-order valence-electron chi connectivity index (χ2n) is 13.2. The predicted molar refractivity (Wildman–Crippen MR) is 172 cm³/mol. The summed E-state index contributed by atoms with van der Waals surface area (Å²) in [5, 5.41) is 3.06. The maximum Gasteiger partial charge on any atom is 0.322 e. The van der Waals surface area contributed by atoms with Gasteiger partial charge in [-0.15, -0.1) is 0 Å². The summed E-state index contributed by atoms with van der Waals surface area (Å²) >= 11 is 0. The van der Waals surface area contributed by atoms with Crippen molar-refractivity contribution in [2.24, 2.45) is 17.3 Å². The lowest BCUT2D eigenvalue weighted by Crippen LogP contribution is -2.49. The molecule has 0 spiro atoms. The number of Topliss-reactive ketones (excluding diaryl/α,β-unsaturated/α-hetero) is 1. The molecule has 2 amide bonds. The molecule has 5 rings (SSSR count). The molecular weight excluding hydrogens is 576 g/mol. The van der Waals surface area contributed by atoms with Gasteiger partial charge in [0.15, 0.2) is 5.78 Å². The number of urea groups is 1. The van der Waals surface area contributed by atoms with E-state index in [1.54, 1.807) is 13.2 Å². The van der Waals surface area contributed by atoms with Gasteiger partial charge in [-0.2, -0.15) is 0 Å². The van der Waals surface area contributed by atoms with E-state index in [1.807, 2.05) is 23.1 Å². The Kier molecular flexibility index (Phi) is 9.70. The molecule has 1 saturated heterocycles. The quantitative estimate of drug-likeness (QED) is 0.244. The Bertz CT molecular complexity index is 1510. The average molecular weight is 620 g/mol. The highest BCUT2D eigenvalue weighted by atomic mass is 19.1. The van der Waals surface area contributed by atoms with Crippen LogP contribution in [-0.2, 0) is 6.42 Å². The predicted octanol–water partition coefficient (Wildman–Crippen LogP) is 7.45. The van der Waals surface area contributed by atoms with Gasteiger partial charge in [-0.1, -0.05) is 20.4 Å². The van der Waals surface area contributed by atoms with E-state index >= 15 is 0 Å². The van der Waals surface area contributed by atoms with Gasteiger partial charge in [0, 0.05) is 49.4 Å². The van der Waals surface area contributed by atoms with Crippen molar-refractivity contribution in [3.63, 3.8) is 0 Å². The monoisotopic (exact) mass is 619 g/mol. The maximum atomic E-state index is 14.3. The number of hydrogen-bond donors (Lipinski definition) is 1. The second-order valence-corrected chi connectivity index (χ2v) is 13.2. The van der Waals surface area contributed by atoms with Crippen LogP contribution in [0, 0.1) is 17.3 Å². The Hall–Kier alpha value is -4.08. The number of benzene rings is 1. The van der Waals surface area contributed by atoms with Crippen molar-refractivity contribution in [3.05, 3.63) is 77.8 Å². The number of carbonyl (C=O) groups is 2. The van der Waals surface area contributed by atoms with Crippen LogP contribution in [0.3, 0.4) is 0 Å². The molecule has 1 N–H and O–H groups in total. The van der Waals surface area contributed by atoms with Crippen molar-refractivity contribution in [2.45, 2.75) is 65.3 Å². The lowest BCUT2D eigenvalue weighted by atomic mass is 9.63. The number of methoxy groups -OCH3 is 1. The van der Waals surface area contributed by atoms with Crippen LogP contribution >= 0.6 is 0 Å². The fourth-order valence-electron chi connectivity index (χ4n) is 6.98. The SMILES string of the molecule is C=C(/C=C(F)\C=C(/C)F)[C@@H]1CCC(C)(C)CC1C(=O)c1cc(N2CCC(N3CCc4cc(OC)ccc4NC3=O)CC2)ncn1. The summed E-state index contributed by atoms with van der Waals surface area (Å²) in [6.45, 7) is 11.5. The van der Waals surface area contributed by atoms with E-state index in [0.29, 0.717) is 49.6 Å². The van der Waals surface area contributed by atoms with Gasteiger partial charge in [0.05, 0.1) is 12.9 Å². The topological polar surface area (TPSA) is 87.7 Å². The molecule has 1 unspecified atom stereocenters. The van der Waals surface area contributed by atoms with Gasteiger partial charge in [0.1, 0.15) is 29.4 Å². The molecule has 2 fully saturated rings. The largest absolute Gasteiger partial charge is 0.497 e. The Morgan fingerprint density at radius 1 is 1.09 bits per heavy atom. The number of amides is 2. The minimum atomic E-state index is -0.716. The number of allylic oxidation sites excluding steroid dienone is 5. The molecule has 2 aliphatic heterocycles. The molecule has 0 radical (unpaired) electrons. The zero-order valence-corrected chi connectivity index (χ0v) is 26.6. The molecule has 3 aliphatic rings. The Morgan fingerprint density at radius 2 is 1.84 bits per heavy atom. The van der Waals surface area contributed by atoms with Crippen LogP contribution in [0.15, 0.2) is 66.6 Å². The highest BCUT2D eigenvalue weighted by Crippen LogP contribution is 2.46.